The summed E-state index contributed by atoms with van der Waals surface area (Å²) in [6.45, 7) is 5.70. The van der Waals surface area contributed by atoms with Crippen molar-refractivity contribution in [3.63, 3.8) is 0 Å². The molecule has 0 saturated carbocycles. The van der Waals surface area contributed by atoms with Crippen molar-refractivity contribution in [1.29, 1.82) is 0 Å². The maximum absolute atomic E-state index is 12.8. The number of nitrogens with zero attached hydrogens (tertiary/aromatic N) is 1. The zero-order chi connectivity index (χ0) is 18.8. The van der Waals surface area contributed by atoms with Gasteiger partial charge in [-0.15, -0.1) is 0 Å². The number of furan rings is 2. The number of nitrogens with two attached hydrogens (primary N) is 1. The number of fused-ring (bicyclic) bond motifs is 2. The van der Waals surface area contributed by atoms with E-state index in [2.05, 4.69) is 16.9 Å². The first-order chi connectivity index (χ1) is 12.4. The summed E-state index contributed by atoms with van der Waals surface area (Å²) in [4.78, 5) is 16.9. The Labute approximate surface area is 160 Å². The molecule has 5 nitrogen and oxygen atoms in total. The summed E-state index contributed by atoms with van der Waals surface area (Å²) < 4.78 is 5.63. The average molecular weight is 388 g/mol. The molecule has 0 aliphatic heterocycles. The first-order valence-electron chi connectivity index (χ1n) is 7.63. The molecule has 3 aromatic rings. The largest absolute Gasteiger partial charge is 0.456 e. The minimum absolute atomic E-state index is 0.340. The number of amides is 1. The van der Waals surface area contributed by atoms with Crippen LogP contribution >= 0.6 is 23.2 Å². The van der Waals surface area contributed by atoms with Crippen LogP contribution in [-0.4, -0.2) is 12.1 Å². The van der Waals surface area contributed by atoms with Gasteiger partial charge >= 0.3 is 0 Å². The summed E-state index contributed by atoms with van der Waals surface area (Å²) in [5, 5.41) is 3.55. The quantitative estimate of drug-likeness (QED) is 0.580. The number of hydrogen-bond acceptors (Lipinski definition) is 4. The van der Waals surface area contributed by atoms with E-state index in [1.165, 1.54) is 12.4 Å². The van der Waals surface area contributed by atoms with E-state index in [1.807, 2.05) is 0 Å². The number of hydrogen-bond donors (Lipinski definition) is 2. The number of aliphatic imine (C=N–C) groups is 1. The van der Waals surface area contributed by atoms with E-state index in [0.29, 0.717) is 49.3 Å². The van der Waals surface area contributed by atoms with Crippen molar-refractivity contribution in [2.24, 2.45) is 10.7 Å². The van der Waals surface area contributed by atoms with E-state index in [4.69, 9.17) is 33.4 Å². The van der Waals surface area contributed by atoms with Crippen molar-refractivity contribution >= 4 is 57.8 Å². The molecule has 2 aromatic heterocycles. The van der Waals surface area contributed by atoms with Crippen molar-refractivity contribution < 1.29 is 9.21 Å². The highest BCUT2D eigenvalue weighted by atomic mass is 35.5. The van der Waals surface area contributed by atoms with Crippen LogP contribution in [0, 0.1) is 0 Å². The molecule has 0 atom stereocenters. The number of nitrogens with one attached hydrogen (secondary N) is 1. The summed E-state index contributed by atoms with van der Waals surface area (Å²) in [6.07, 6.45) is 3.03. The molecule has 1 amide bonds. The molecule has 0 saturated heterocycles. The lowest BCUT2D eigenvalue weighted by molar-refractivity contribution is 0.102. The van der Waals surface area contributed by atoms with Crippen LogP contribution in [0.4, 0.5) is 5.69 Å². The average Bonchev–Trinajstić information content (AvgIpc) is 3.18. The highest BCUT2D eigenvalue weighted by Crippen LogP contribution is 2.34. The summed E-state index contributed by atoms with van der Waals surface area (Å²) in [5.41, 5.74) is 9.18. The van der Waals surface area contributed by atoms with Gasteiger partial charge in [-0.3, -0.25) is 9.79 Å². The molecule has 1 aromatic carbocycles. The Balaban J connectivity index is 1.92. The van der Waals surface area contributed by atoms with Crippen molar-refractivity contribution in [3.05, 3.63) is 70.0 Å². The fourth-order valence-electron chi connectivity index (χ4n) is 2.47. The van der Waals surface area contributed by atoms with Gasteiger partial charge in [0.25, 0.3) is 5.91 Å². The van der Waals surface area contributed by atoms with Gasteiger partial charge in [-0.05, 0) is 42.8 Å². The number of benzene rings is 2. The number of anilines is 1. The summed E-state index contributed by atoms with van der Waals surface area (Å²) >= 11 is 11.9. The maximum atomic E-state index is 12.8. The molecule has 2 heterocycles. The molecule has 0 spiro atoms. The van der Waals surface area contributed by atoms with Crippen LogP contribution in [0.2, 0.25) is 10.0 Å². The molecule has 132 valence electrons. The Hall–Kier alpha value is -2.76. The summed E-state index contributed by atoms with van der Waals surface area (Å²) in [7, 11) is 0. The molecule has 7 heteroatoms. The SMILES string of the molecule is C=C(C=N/C=C(\C)N)c1c(C(=O)Nc2ccc(Cl)c(Cl)c2)c2ccc1o2. The summed E-state index contributed by atoms with van der Waals surface area (Å²) in [5.74, 6) is -0.340. The minimum atomic E-state index is -0.340. The third-order valence-corrected chi connectivity index (χ3v) is 4.32. The van der Waals surface area contributed by atoms with Gasteiger partial charge in [0, 0.05) is 29.4 Å². The van der Waals surface area contributed by atoms with Crippen LogP contribution in [0.3, 0.4) is 0 Å². The number of carbonyl (C=O) groups is 1. The number of halogens is 2. The molecule has 0 aliphatic carbocycles. The van der Waals surface area contributed by atoms with Crippen molar-refractivity contribution in [1.82, 2.24) is 0 Å². The molecule has 0 unspecified atom stereocenters. The van der Waals surface area contributed by atoms with Gasteiger partial charge in [0.15, 0.2) is 0 Å². The van der Waals surface area contributed by atoms with Crippen molar-refractivity contribution in [3.8, 4) is 0 Å². The van der Waals surface area contributed by atoms with E-state index in [1.54, 1.807) is 37.3 Å². The second-order valence-corrected chi connectivity index (χ2v) is 6.49. The van der Waals surface area contributed by atoms with E-state index in [9.17, 15) is 4.79 Å². The topological polar surface area (TPSA) is 80.6 Å². The molecule has 2 bridgehead atoms. The van der Waals surface area contributed by atoms with Gasteiger partial charge in [-0.1, -0.05) is 29.8 Å². The van der Waals surface area contributed by atoms with Gasteiger partial charge in [0.1, 0.15) is 11.2 Å². The lowest BCUT2D eigenvalue weighted by atomic mass is 10.0. The second kappa shape index (κ2) is 7.23. The fraction of sp³-hybridized carbons (Fsp3) is 0.0526. The number of rotatable bonds is 5. The monoisotopic (exact) mass is 387 g/mol. The van der Waals surface area contributed by atoms with Gasteiger partial charge in [0.2, 0.25) is 0 Å². The Kier molecular flexibility index (Phi) is 5.02. The maximum Gasteiger partial charge on any atom is 0.260 e. The van der Waals surface area contributed by atoms with Crippen LogP contribution in [0.1, 0.15) is 22.8 Å². The highest BCUT2D eigenvalue weighted by molar-refractivity contribution is 6.42. The van der Waals surface area contributed by atoms with Crippen LogP contribution < -0.4 is 11.1 Å². The minimum Gasteiger partial charge on any atom is -0.456 e. The van der Waals surface area contributed by atoms with Gasteiger partial charge < -0.3 is 15.5 Å². The summed E-state index contributed by atoms with van der Waals surface area (Å²) in [6, 6.07) is 8.37. The van der Waals surface area contributed by atoms with Gasteiger partial charge in [-0.2, -0.15) is 0 Å². The number of allylic oxidation sites excluding steroid dienone is 2. The molecule has 26 heavy (non-hydrogen) atoms. The van der Waals surface area contributed by atoms with Crippen LogP contribution in [0.15, 0.2) is 58.2 Å². The van der Waals surface area contributed by atoms with E-state index in [0.717, 1.165) is 0 Å². The normalized spacial score (nSPS) is 12.2. The highest BCUT2D eigenvalue weighted by Gasteiger charge is 2.24. The Morgan fingerprint density at radius 2 is 1.88 bits per heavy atom. The first kappa shape index (κ1) is 18.0. The molecule has 3 rings (SSSR count). The predicted molar refractivity (Wildman–Crippen MR) is 107 cm³/mol. The zero-order valence-corrected chi connectivity index (χ0v) is 15.4. The third-order valence-electron chi connectivity index (χ3n) is 3.58. The molecule has 3 N–H and O–H groups in total. The van der Waals surface area contributed by atoms with E-state index in [-0.39, 0.29) is 5.91 Å². The Morgan fingerprint density at radius 1 is 1.19 bits per heavy atom. The lowest BCUT2D eigenvalue weighted by Gasteiger charge is -2.08. The first-order valence-corrected chi connectivity index (χ1v) is 8.38. The molecule has 0 aliphatic rings. The fourth-order valence-corrected chi connectivity index (χ4v) is 2.77. The standard InChI is InChI=1S/C19H15Cl2N3O2/c1-10(8-23-9-11(2)22)17-15-5-6-16(26-15)18(17)19(25)24-12-3-4-13(20)14(21)7-12/h3-9H,1,22H2,2H3,(H,24,25)/b11-9+,23-8?. The lowest BCUT2D eigenvalue weighted by Crippen LogP contribution is -2.13. The van der Waals surface area contributed by atoms with Crippen molar-refractivity contribution in [2.75, 3.05) is 5.32 Å². The Bertz CT molecular complexity index is 1050. The molecular weight excluding hydrogens is 373 g/mol. The zero-order valence-electron chi connectivity index (χ0n) is 13.8. The smallest absolute Gasteiger partial charge is 0.260 e. The van der Waals surface area contributed by atoms with Crippen LogP contribution in [0.25, 0.3) is 16.7 Å². The molecule has 0 radical (unpaired) electrons. The Morgan fingerprint density at radius 3 is 2.54 bits per heavy atom. The van der Waals surface area contributed by atoms with Crippen molar-refractivity contribution in [2.45, 2.75) is 6.92 Å². The van der Waals surface area contributed by atoms with E-state index >= 15 is 0 Å². The van der Waals surface area contributed by atoms with Gasteiger partial charge in [0.05, 0.1) is 15.6 Å². The van der Waals surface area contributed by atoms with Crippen LogP contribution in [0.5, 0.6) is 0 Å². The number of carbonyl (C=O) groups excluding carboxylic acids is 1. The molecule has 0 fully saturated rings. The van der Waals surface area contributed by atoms with E-state index < -0.39 is 0 Å². The third kappa shape index (κ3) is 3.59. The molecular formula is C19H15Cl2N3O2. The second-order valence-electron chi connectivity index (χ2n) is 5.67. The van der Waals surface area contributed by atoms with Crippen LogP contribution in [-0.2, 0) is 0 Å². The predicted octanol–water partition coefficient (Wildman–Crippen LogP) is 5.33. The van der Waals surface area contributed by atoms with Gasteiger partial charge in [-0.25, -0.2) is 0 Å².